The molecule has 0 aliphatic rings. The lowest BCUT2D eigenvalue weighted by Crippen LogP contribution is -2.40. The summed E-state index contributed by atoms with van der Waals surface area (Å²) in [5.41, 5.74) is 5.68. The fraction of sp³-hybridized carbons (Fsp3) is 1.00. The lowest BCUT2D eigenvalue weighted by Gasteiger charge is -2.20. The van der Waals surface area contributed by atoms with Crippen LogP contribution in [0.15, 0.2) is 0 Å². The second kappa shape index (κ2) is 5.09. The van der Waals surface area contributed by atoms with Crippen LogP contribution in [0.5, 0.6) is 0 Å². The molecule has 14 heavy (non-hydrogen) atoms. The third-order valence-electron chi connectivity index (χ3n) is 2.14. The number of sulfonamides is 1. The smallest absolute Gasteiger partial charge is 0.216 e. The van der Waals surface area contributed by atoms with Crippen molar-refractivity contribution in [1.29, 1.82) is 0 Å². The molecule has 0 amide bonds. The van der Waals surface area contributed by atoms with Crippen molar-refractivity contribution in [2.75, 3.05) is 6.54 Å². The predicted octanol–water partition coefficient (Wildman–Crippen LogP) is 0.832. The molecule has 0 saturated carbocycles. The van der Waals surface area contributed by atoms with Crippen molar-refractivity contribution in [3.63, 3.8) is 0 Å². The van der Waals surface area contributed by atoms with Gasteiger partial charge in [0.2, 0.25) is 10.0 Å². The Kier molecular flexibility index (Phi) is 5.05. The summed E-state index contributed by atoms with van der Waals surface area (Å²) in [6, 6.07) is 0.0812. The molecule has 4 nitrogen and oxygen atoms in total. The first-order valence-electron chi connectivity index (χ1n) is 4.95. The Hall–Kier alpha value is -0.130. The van der Waals surface area contributed by atoms with Crippen molar-refractivity contribution in [3.8, 4) is 0 Å². The van der Waals surface area contributed by atoms with E-state index in [2.05, 4.69) is 4.72 Å². The molecule has 0 aliphatic heterocycles. The van der Waals surface area contributed by atoms with Crippen LogP contribution in [0.1, 0.15) is 40.5 Å². The fourth-order valence-corrected chi connectivity index (χ4v) is 1.62. The SMILES string of the molecule is CCC(N)CCNS(=O)(=O)C(C)(C)C. The lowest BCUT2D eigenvalue weighted by atomic mass is 10.2. The van der Waals surface area contributed by atoms with Crippen molar-refractivity contribution >= 4 is 10.0 Å². The van der Waals surface area contributed by atoms with E-state index in [1.54, 1.807) is 20.8 Å². The molecule has 0 aromatic heterocycles. The molecule has 0 aromatic carbocycles. The van der Waals surface area contributed by atoms with Crippen LogP contribution in [-0.2, 0) is 10.0 Å². The van der Waals surface area contributed by atoms with Gasteiger partial charge in [-0.3, -0.25) is 0 Å². The molecular formula is C9H22N2O2S. The summed E-state index contributed by atoms with van der Waals surface area (Å²) in [5, 5.41) is 0. The maximum Gasteiger partial charge on any atom is 0.216 e. The highest BCUT2D eigenvalue weighted by Gasteiger charge is 2.28. The first-order valence-corrected chi connectivity index (χ1v) is 6.44. The van der Waals surface area contributed by atoms with Gasteiger partial charge < -0.3 is 5.73 Å². The van der Waals surface area contributed by atoms with Crippen LogP contribution in [0, 0.1) is 0 Å². The average molecular weight is 222 g/mol. The number of rotatable bonds is 5. The molecule has 1 unspecified atom stereocenters. The number of hydrogen-bond donors (Lipinski definition) is 2. The molecule has 0 heterocycles. The van der Waals surface area contributed by atoms with Gasteiger partial charge in [-0.1, -0.05) is 6.92 Å². The first kappa shape index (κ1) is 13.9. The van der Waals surface area contributed by atoms with Gasteiger partial charge in [0, 0.05) is 12.6 Å². The van der Waals surface area contributed by atoms with Crippen molar-refractivity contribution in [2.24, 2.45) is 5.73 Å². The van der Waals surface area contributed by atoms with Gasteiger partial charge in [-0.15, -0.1) is 0 Å². The monoisotopic (exact) mass is 222 g/mol. The summed E-state index contributed by atoms with van der Waals surface area (Å²) in [6.45, 7) is 7.44. The highest BCUT2D eigenvalue weighted by molar-refractivity contribution is 7.90. The van der Waals surface area contributed by atoms with Gasteiger partial charge in [0.1, 0.15) is 0 Å². The van der Waals surface area contributed by atoms with E-state index in [9.17, 15) is 8.42 Å². The molecule has 86 valence electrons. The third kappa shape index (κ3) is 4.39. The molecule has 5 heteroatoms. The van der Waals surface area contributed by atoms with Crippen molar-refractivity contribution in [1.82, 2.24) is 4.72 Å². The van der Waals surface area contributed by atoms with Crippen molar-refractivity contribution < 1.29 is 8.42 Å². The third-order valence-corrected chi connectivity index (χ3v) is 4.33. The van der Waals surface area contributed by atoms with Gasteiger partial charge >= 0.3 is 0 Å². The average Bonchev–Trinajstić information content (AvgIpc) is 2.01. The van der Waals surface area contributed by atoms with Crippen LogP contribution >= 0.6 is 0 Å². The standard InChI is InChI=1S/C9H22N2O2S/c1-5-8(10)6-7-11-14(12,13)9(2,3)4/h8,11H,5-7,10H2,1-4H3. The zero-order valence-electron chi connectivity index (χ0n) is 9.50. The van der Waals surface area contributed by atoms with Crippen LogP contribution in [-0.4, -0.2) is 25.8 Å². The highest BCUT2D eigenvalue weighted by atomic mass is 32.2. The molecule has 0 aliphatic carbocycles. The van der Waals surface area contributed by atoms with Gasteiger partial charge in [0.15, 0.2) is 0 Å². The second-order valence-corrected chi connectivity index (χ2v) is 6.99. The molecule has 0 bridgehead atoms. The summed E-state index contributed by atoms with van der Waals surface area (Å²) in [5.74, 6) is 0. The minimum atomic E-state index is -3.21. The summed E-state index contributed by atoms with van der Waals surface area (Å²) in [6.07, 6.45) is 1.56. The Labute approximate surface area is 87.3 Å². The largest absolute Gasteiger partial charge is 0.328 e. The normalized spacial score (nSPS) is 15.5. The van der Waals surface area contributed by atoms with Crippen LogP contribution in [0.4, 0.5) is 0 Å². The molecule has 0 spiro atoms. The summed E-state index contributed by atoms with van der Waals surface area (Å²) in [4.78, 5) is 0. The molecule has 0 rings (SSSR count). The molecule has 0 fully saturated rings. The van der Waals surface area contributed by atoms with Crippen molar-refractivity contribution in [2.45, 2.75) is 51.3 Å². The van der Waals surface area contributed by atoms with Gasteiger partial charge in [-0.2, -0.15) is 0 Å². The molecule has 1 atom stereocenters. The highest BCUT2D eigenvalue weighted by Crippen LogP contribution is 2.12. The molecule has 0 radical (unpaired) electrons. The molecule has 0 aromatic rings. The van der Waals surface area contributed by atoms with E-state index in [1.807, 2.05) is 6.92 Å². The van der Waals surface area contributed by atoms with Gasteiger partial charge in [-0.05, 0) is 33.6 Å². The maximum absolute atomic E-state index is 11.6. The zero-order valence-corrected chi connectivity index (χ0v) is 10.3. The maximum atomic E-state index is 11.6. The first-order chi connectivity index (χ1) is 6.20. The van der Waals surface area contributed by atoms with E-state index in [0.29, 0.717) is 13.0 Å². The Balaban J connectivity index is 4.03. The Morgan fingerprint density at radius 1 is 1.36 bits per heavy atom. The van der Waals surface area contributed by atoms with Crippen LogP contribution in [0.2, 0.25) is 0 Å². The van der Waals surface area contributed by atoms with Gasteiger partial charge in [0.05, 0.1) is 4.75 Å². The molecular weight excluding hydrogens is 200 g/mol. The summed E-state index contributed by atoms with van der Waals surface area (Å²) >= 11 is 0. The van der Waals surface area contributed by atoms with E-state index in [1.165, 1.54) is 0 Å². The quantitative estimate of drug-likeness (QED) is 0.724. The zero-order chi connectivity index (χ0) is 11.4. The number of nitrogens with one attached hydrogen (secondary N) is 1. The Morgan fingerprint density at radius 3 is 2.21 bits per heavy atom. The Bertz CT molecular complexity index is 254. The molecule has 0 saturated heterocycles. The topological polar surface area (TPSA) is 72.2 Å². The lowest BCUT2D eigenvalue weighted by molar-refractivity contribution is 0.531. The fourth-order valence-electron chi connectivity index (χ4n) is 0.799. The van der Waals surface area contributed by atoms with E-state index in [0.717, 1.165) is 6.42 Å². The number of nitrogens with two attached hydrogens (primary N) is 1. The van der Waals surface area contributed by atoms with Crippen molar-refractivity contribution in [3.05, 3.63) is 0 Å². The second-order valence-electron chi connectivity index (χ2n) is 4.47. The van der Waals surface area contributed by atoms with Gasteiger partial charge in [0.25, 0.3) is 0 Å². The predicted molar refractivity (Wildman–Crippen MR) is 59.6 cm³/mol. The number of hydrogen-bond acceptors (Lipinski definition) is 3. The van der Waals surface area contributed by atoms with Crippen LogP contribution in [0.25, 0.3) is 0 Å². The van der Waals surface area contributed by atoms with Crippen LogP contribution < -0.4 is 10.5 Å². The summed E-state index contributed by atoms with van der Waals surface area (Å²) in [7, 11) is -3.21. The van der Waals surface area contributed by atoms with E-state index in [4.69, 9.17) is 5.73 Å². The van der Waals surface area contributed by atoms with E-state index < -0.39 is 14.8 Å². The minimum absolute atomic E-state index is 0.0812. The minimum Gasteiger partial charge on any atom is -0.328 e. The van der Waals surface area contributed by atoms with Gasteiger partial charge in [-0.25, -0.2) is 13.1 Å². The van der Waals surface area contributed by atoms with Crippen LogP contribution in [0.3, 0.4) is 0 Å². The van der Waals surface area contributed by atoms with E-state index >= 15 is 0 Å². The molecule has 3 N–H and O–H groups in total. The Morgan fingerprint density at radius 2 is 1.86 bits per heavy atom. The van der Waals surface area contributed by atoms with E-state index in [-0.39, 0.29) is 6.04 Å². The summed E-state index contributed by atoms with van der Waals surface area (Å²) < 4.78 is 24.9.